The zero-order valence-electron chi connectivity index (χ0n) is 14.1. The molecule has 0 N–H and O–H groups in total. The molecular formula is C17H31NO2S. The monoisotopic (exact) mass is 313 g/mol. The SMILES string of the molecule is CC(C)=CCC(C)(C)CCSC(=O)CCN1CCOCC1. The Labute approximate surface area is 134 Å². The van der Waals surface area contributed by atoms with Crippen LogP contribution in [0.2, 0.25) is 0 Å². The van der Waals surface area contributed by atoms with E-state index in [1.54, 1.807) is 0 Å². The molecule has 1 saturated heterocycles. The minimum atomic E-state index is 0.286. The molecule has 0 aliphatic carbocycles. The smallest absolute Gasteiger partial charge is 0.190 e. The van der Waals surface area contributed by atoms with Crippen LogP contribution in [0.3, 0.4) is 0 Å². The highest BCUT2D eigenvalue weighted by Gasteiger charge is 2.17. The molecule has 122 valence electrons. The van der Waals surface area contributed by atoms with Gasteiger partial charge < -0.3 is 4.74 Å². The fraction of sp³-hybridized carbons (Fsp3) is 0.824. The summed E-state index contributed by atoms with van der Waals surface area (Å²) in [5, 5.41) is 0.333. The minimum absolute atomic E-state index is 0.286. The van der Waals surface area contributed by atoms with E-state index in [2.05, 4.69) is 38.7 Å². The van der Waals surface area contributed by atoms with Crippen molar-refractivity contribution >= 4 is 16.9 Å². The van der Waals surface area contributed by atoms with Gasteiger partial charge in [0.25, 0.3) is 0 Å². The number of hydrogen-bond acceptors (Lipinski definition) is 4. The molecule has 0 amide bonds. The lowest BCUT2D eigenvalue weighted by Gasteiger charge is -2.26. The third-order valence-electron chi connectivity index (χ3n) is 3.84. The summed E-state index contributed by atoms with van der Waals surface area (Å²) in [7, 11) is 0. The summed E-state index contributed by atoms with van der Waals surface area (Å²) in [6.07, 6.45) is 5.15. The van der Waals surface area contributed by atoms with Crippen molar-refractivity contribution in [3.63, 3.8) is 0 Å². The number of carbonyl (C=O) groups is 1. The summed E-state index contributed by atoms with van der Waals surface area (Å²) in [5.74, 6) is 0.936. The van der Waals surface area contributed by atoms with Gasteiger partial charge in [0.15, 0.2) is 5.12 Å². The summed E-state index contributed by atoms with van der Waals surface area (Å²) in [6.45, 7) is 13.3. The quantitative estimate of drug-likeness (QED) is 0.638. The highest BCUT2D eigenvalue weighted by Crippen LogP contribution is 2.28. The Morgan fingerprint density at radius 2 is 1.95 bits per heavy atom. The maximum absolute atomic E-state index is 11.9. The maximum Gasteiger partial charge on any atom is 0.190 e. The predicted octanol–water partition coefficient (Wildman–Crippen LogP) is 3.74. The molecule has 0 radical (unpaired) electrons. The zero-order valence-corrected chi connectivity index (χ0v) is 14.9. The molecule has 1 heterocycles. The average molecular weight is 314 g/mol. The molecular weight excluding hydrogens is 282 g/mol. The van der Waals surface area contributed by atoms with Crippen molar-refractivity contribution < 1.29 is 9.53 Å². The molecule has 0 bridgehead atoms. The molecule has 1 aliphatic rings. The van der Waals surface area contributed by atoms with Crippen LogP contribution in [0, 0.1) is 5.41 Å². The Morgan fingerprint density at radius 1 is 1.29 bits per heavy atom. The van der Waals surface area contributed by atoms with Crippen molar-refractivity contribution in [2.75, 3.05) is 38.6 Å². The minimum Gasteiger partial charge on any atom is -0.379 e. The van der Waals surface area contributed by atoms with Gasteiger partial charge in [-0.1, -0.05) is 37.3 Å². The standard InChI is InChI=1S/C17H31NO2S/c1-15(2)5-7-17(3,4)8-14-21-16(19)6-9-18-10-12-20-13-11-18/h5H,6-14H2,1-4H3. The van der Waals surface area contributed by atoms with Gasteiger partial charge >= 0.3 is 0 Å². The van der Waals surface area contributed by atoms with Crippen molar-refractivity contribution in [1.82, 2.24) is 4.90 Å². The van der Waals surface area contributed by atoms with Crippen LogP contribution in [-0.4, -0.2) is 48.6 Å². The van der Waals surface area contributed by atoms with Gasteiger partial charge in [0.05, 0.1) is 13.2 Å². The van der Waals surface area contributed by atoms with Gasteiger partial charge in [-0.25, -0.2) is 0 Å². The highest BCUT2D eigenvalue weighted by molar-refractivity contribution is 8.13. The van der Waals surface area contributed by atoms with Crippen LogP contribution in [-0.2, 0) is 9.53 Å². The molecule has 4 heteroatoms. The molecule has 0 aromatic heterocycles. The summed E-state index contributed by atoms with van der Waals surface area (Å²) in [4.78, 5) is 14.3. The van der Waals surface area contributed by atoms with Crippen LogP contribution in [0.25, 0.3) is 0 Å². The molecule has 0 aromatic rings. The first-order chi connectivity index (χ1) is 9.89. The number of hydrogen-bond donors (Lipinski definition) is 0. The van der Waals surface area contributed by atoms with Gasteiger partial charge in [0, 0.05) is 31.8 Å². The van der Waals surface area contributed by atoms with E-state index in [1.807, 2.05) is 0 Å². The van der Waals surface area contributed by atoms with Crippen molar-refractivity contribution in [3.8, 4) is 0 Å². The first-order valence-corrected chi connectivity index (χ1v) is 8.97. The molecule has 1 rings (SSSR count). The molecule has 21 heavy (non-hydrogen) atoms. The summed E-state index contributed by atoms with van der Waals surface area (Å²) in [5.41, 5.74) is 1.66. The van der Waals surface area contributed by atoms with Gasteiger partial charge in [-0.2, -0.15) is 0 Å². The summed E-state index contributed by atoms with van der Waals surface area (Å²) >= 11 is 1.51. The summed E-state index contributed by atoms with van der Waals surface area (Å²) in [6, 6.07) is 0. The van der Waals surface area contributed by atoms with E-state index in [0.717, 1.165) is 51.4 Å². The number of ether oxygens (including phenoxy) is 1. The van der Waals surface area contributed by atoms with Gasteiger partial charge in [-0.3, -0.25) is 9.69 Å². The van der Waals surface area contributed by atoms with Crippen LogP contribution in [0.5, 0.6) is 0 Å². The zero-order chi connectivity index (χ0) is 15.7. The fourth-order valence-electron chi connectivity index (χ4n) is 2.17. The molecule has 3 nitrogen and oxygen atoms in total. The van der Waals surface area contributed by atoms with Gasteiger partial charge in [0.1, 0.15) is 0 Å². The molecule has 0 spiro atoms. The Bertz CT molecular complexity index is 343. The third kappa shape index (κ3) is 9.33. The van der Waals surface area contributed by atoms with Crippen LogP contribution >= 0.6 is 11.8 Å². The maximum atomic E-state index is 11.9. The number of morpholine rings is 1. The van der Waals surface area contributed by atoms with Crippen molar-refractivity contribution in [1.29, 1.82) is 0 Å². The fourth-order valence-corrected chi connectivity index (χ4v) is 3.29. The second-order valence-corrected chi connectivity index (χ2v) is 7.98. The molecule has 0 unspecified atom stereocenters. The normalized spacial score (nSPS) is 16.8. The first-order valence-electron chi connectivity index (χ1n) is 7.98. The number of rotatable bonds is 8. The molecule has 0 aromatic carbocycles. The van der Waals surface area contributed by atoms with Gasteiger partial charge in [0.2, 0.25) is 0 Å². The van der Waals surface area contributed by atoms with E-state index >= 15 is 0 Å². The van der Waals surface area contributed by atoms with Crippen molar-refractivity contribution in [3.05, 3.63) is 11.6 Å². The van der Waals surface area contributed by atoms with E-state index in [4.69, 9.17) is 4.74 Å². The largest absolute Gasteiger partial charge is 0.379 e. The average Bonchev–Trinajstić information content (AvgIpc) is 2.44. The molecule has 1 fully saturated rings. The summed E-state index contributed by atoms with van der Waals surface area (Å²) < 4.78 is 5.31. The third-order valence-corrected chi connectivity index (χ3v) is 4.77. The Morgan fingerprint density at radius 3 is 2.57 bits per heavy atom. The van der Waals surface area contributed by atoms with Crippen LogP contribution < -0.4 is 0 Å². The van der Waals surface area contributed by atoms with E-state index in [0.29, 0.717) is 11.5 Å². The predicted molar refractivity (Wildman–Crippen MR) is 91.8 cm³/mol. The lowest BCUT2D eigenvalue weighted by Crippen LogP contribution is -2.37. The van der Waals surface area contributed by atoms with Crippen LogP contribution in [0.1, 0.15) is 47.0 Å². The van der Waals surface area contributed by atoms with Crippen molar-refractivity contribution in [2.24, 2.45) is 5.41 Å². The van der Waals surface area contributed by atoms with Gasteiger partial charge in [-0.05, 0) is 32.1 Å². The van der Waals surface area contributed by atoms with E-state index in [9.17, 15) is 4.79 Å². The second-order valence-electron chi connectivity index (χ2n) is 6.82. The number of nitrogens with zero attached hydrogens (tertiary/aromatic N) is 1. The van der Waals surface area contributed by atoms with E-state index in [1.165, 1.54) is 17.3 Å². The first kappa shape index (κ1) is 18.7. The number of thioether (sulfide) groups is 1. The Kier molecular flexibility index (Phi) is 8.60. The lowest BCUT2D eigenvalue weighted by atomic mass is 9.86. The number of carbonyl (C=O) groups excluding carboxylic acids is 1. The van der Waals surface area contributed by atoms with Gasteiger partial charge in [-0.15, -0.1) is 0 Å². The topological polar surface area (TPSA) is 29.5 Å². The second kappa shape index (κ2) is 9.65. The van der Waals surface area contributed by atoms with E-state index in [-0.39, 0.29) is 5.41 Å². The molecule has 0 atom stereocenters. The molecule has 0 saturated carbocycles. The van der Waals surface area contributed by atoms with Crippen LogP contribution in [0.15, 0.2) is 11.6 Å². The number of allylic oxidation sites excluding steroid dienone is 2. The highest BCUT2D eigenvalue weighted by atomic mass is 32.2. The Balaban J connectivity index is 2.13. The lowest BCUT2D eigenvalue weighted by molar-refractivity contribution is -0.111. The van der Waals surface area contributed by atoms with Crippen LogP contribution in [0.4, 0.5) is 0 Å². The van der Waals surface area contributed by atoms with E-state index < -0.39 is 0 Å². The Hall–Kier alpha value is -0.320. The molecule has 1 aliphatic heterocycles. The van der Waals surface area contributed by atoms with Crippen molar-refractivity contribution in [2.45, 2.75) is 47.0 Å².